The smallest absolute Gasteiger partial charge is 0.328 e. The molecule has 41 heavy (non-hydrogen) atoms. The van der Waals surface area contributed by atoms with Crippen molar-refractivity contribution >= 4 is 41.0 Å². The van der Waals surface area contributed by atoms with Gasteiger partial charge in [-0.15, -0.1) is 0 Å². The molecule has 0 atom stereocenters. The van der Waals surface area contributed by atoms with E-state index in [2.05, 4.69) is 15.5 Å². The fourth-order valence-corrected chi connectivity index (χ4v) is 5.94. The summed E-state index contributed by atoms with van der Waals surface area (Å²) in [6.07, 6.45) is 1.30. The number of hydrogen-bond donors (Lipinski definition) is 2. The van der Waals surface area contributed by atoms with E-state index in [1.807, 2.05) is 59.5 Å². The summed E-state index contributed by atoms with van der Waals surface area (Å²) < 4.78 is 0. The van der Waals surface area contributed by atoms with Crippen LogP contribution in [-0.4, -0.2) is 60.7 Å². The van der Waals surface area contributed by atoms with Crippen LogP contribution in [0.4, 0.5) is 16.2 Å². The molecule has 3 fully saturated rings. The molecule has 208 valence electrons. The SMILES string of the molecule is O=C1NC(=O)C(c2ccc(-c3ccccc3)cc2)(N2CCN(c3ccc(N4C(=O)CCCC4=O)cc3)CC2)C(=O)N1. The van der Waals surface area contributed by atoms with Crippen molar-refractivity contribution in [2.75, 3.05) is 36.0 Å². The molecule has 3 aliphatic rings. The third-order valence-corrected chi connectivity index (χ3v) is 8.03. The van der Waals surface area contributed by atoms with Gasteiger partial charge in [-0.05, 0) is 47.4 Å². The number of rotatable bonds is 5. The van der Waals surface area contributed by atoms with Crippen LogP contribution in [0.15, 0.2) is 78.9 Å². The Hall–Kier alpha value is -4.83. The summed E-state index contributed by atoms with van der Waals surface area (Å²) in [7, 11) is 0. The third kappa shape index (κ3) is 4.66. The molecule has 0 aliphatic carbocycles. The number of nitrogens with zero attached hydrogens (tertiary/aromatic N) is 3. The van der Waals surface area contributed by atoms with Crippen LogP contribution in [-0.2, 0) is 24.7 Å². The first-order valence-electron chi connectivity index (χ1n) is 13.7. The van der Waals surface area contributed by atoms with E-state index in [4.69, 9.17) is 0 Å². The van der Waals surface area contributed by atoms with Crippen molar-refractivity contribution in [2.45, 2.75) is 24.8 Å². The first-order valence-corrected chi connectivity index (χ1v) is 13.7. The third-order valence-electron chi connectivity index (χ3n) is 8.03. The average molecular weight is 552 g/mol. The van der Waals surface area contributed by atoms with Gasteiger partial charge in [0.2, 0.25) is 17.4 Å². The molecule has 10 nitrogen and oxygen atoms in total. The molecule has 0 unspecified atom stereocenters. The summed E-state index contributed by atoms with van der Waals surface area (Å²) in [5, 5.41) is 4.61. The van der Waals surface area contributed by atoms with Gasteiger partial charge in [0.1, 0.15) is 0 Å². The number of carbonyl (C=O) groups is 5. The Morgan fingerprint density at radius 1 is 0.585 bits per heavy atom. The highest BCUT2D eigenvalue weighted by atomic mass is 16.2. The molecule has 3 aromatic rings. The Morgan fingerprint density at radius 3 is 1.71 bits per heavy atom. The second kappa shape index (κ2) is 10.6. The van der Waals surface area contributed by atoms with E-state index in [0.29, 0.717) is 56.7 Å². The van der Waals surface area contributed by atoms with E-state index in [0.717, 1.165) is 16.8 Å². The molecule has 0 radical (unpaired) electrons. The fourth-order valence-electron chi connectivity index (χ4n) is 5.94. The minimum Gasteiger partial charge on any atom is -0.369 e. The molecule has 0 saturated carbocycles. The number of barbiturate groups is 1. The van der Waals surface area contributed by atoms with Crippen molar-refractivity contribution in [1.82, 2.24) is 15.5 Å². The molecule has 0 aromatic heterocycles. The predicted octanol–water partition coefficient (Wildman–Crippen LogP) is 2.78. The molecule has 10 heteroatoms. The van der Waals surface area contributed by atoms with E-state index in [1.54, 1.807) is 24.3 Å². The van der Waals surface area contributed by atoms with Crippen molar-refractivity contribution in [3.05, 3.63) is 84.4 Å². The molecule has 3 saturated heterocycles. The lowest BCUT2D eigenvalue weighted by Gasteiger charge is -2.47. The van der Waals surface area contributed by atoms with Crippen molar-refractivity contribution in [2.24, 2.45) is 0 Å². The van der Waals surface area contributed by atoms with Gasteiger partial charge in [0.15, 0.2) is 0 Å². The van der Waals surface area contributed by atoms with Crippen LogP contribution < -0.4 is 20.4 Å². The van der Waals surface area contributed by atoms with E-state index in [-0.39, 0.29) is 11.8 Å². The highest BCUT2D eigenvalue weighted by Gasteiger charge is 2.56. The molecule has 6 rings (SSSR count). The van der Waals surface area contributed by atoms with Gasteiger partial charge < -0.3 is 4.90 Å². The van der Waals surface area contributed by atoms with Crippen LogP contribution in [0, 0.1) is 0 Å². The van der Waals surface area contributed by atoms with Crippen molar-refractivity contribution < 1.29 is 24.0 Å². The van der Waals surface area contributed by atoms with Crippen molar-refractivity contribution in [1.29, 1.82) is 0 Å². The number of urea groups is 1. The average Bonchev–Trinajstić information content (AvgIpc) is 2.98. The molecule has 0 bridgehead atoms. The lowest BCUT2D eigenvalue weighted by molar-refractivity contribution is -0.149. The maximum absolute atomic E-state index is 13.5. The number of piperidine rings is 1. The number of benzene rings is 3. The van der Waals surface area contributed by atoms with Crippen LogP contribution in [0.1, 0.15) is 24.8 Å². The summed E-state index contributed by atoms with van der Waals surface area (Å²) in [5.41, 5.74) is 2.19. The van der Waals surface area contributed by atoms with E-state index >= 15 is 0 Å². The van der Waals surface area contributed by atoms with Crippen LogP contribution in [0.2, 0.25) is 0 Å². The van der Waals surface area contributed by atoms with Gasteiger partial charge in [0.05, 0.1) is 5.69 Å². The molecular formula is C31H29N5O5. The first-order chi connectivity index (χ1) is 19.9. The van der Waals surface area contributed by atoms with Crippen LogP contribution in [0.5, 0.6) is 0 Å². The Kier molecular flexibility index (Phi) is 6.84. The topological polar surface area (TPSA) is 119 Å². The maximum Gasteiger partial charge on any atom is 0.328 e. The number of amides is 6. The zero-order valence-corrected chi connectivity index (χ0v) is 22.3. The Morgan fingerprint density at radius 2 is 1.12 bits per heavy atom. The molecule has 3 aliphatic heterocycles. The lowest BCUT2D eigenvalue weighted by Crippen LogP contribution is -2.73. The molecule has 0 spiro atoms. The van der Waals surface area contributed by atoms with Crippen molar-refractivity contribution in [3.8, 4) is 11.1 Å². The van der Waals surface area contributed by atoms with Gasteiger partial charge in [-0.3, -0.25) is 39.6 Å². The normalized spacial score (nSPS) is 19.7. The largest absolute Gasteiger partial charge is 0.369 e. The van der Waals surface area contributed by atoms with E-state index in [1.165, 1.54) is 4.90 Å². The quantitative estimate of drug-likeness (QED) is 0.370. The summed E-state index contributed by atoms with van der Waals surface area (Å²) >= 11 is 0. The summed E-state index contributed by atoms with van der Waals surface area (Å²) in [6, 6.07) is 23.5. The number of piperazine rings is 1. The standard InChI is InChI=1S/C31H29N5O5/c37-26-7-4-8-27(38)36(26)25-15-13-24(14-16-25)34-17-19-35(20-18-34)31(28(39)32-30(41)33-29(31)40)23-11-9-22(10-12-23)21-5-2-1-3-6-21/h1-3,5-6,9-16H,4,7-8,17-20H2,(H2,32,33,39,40,41). The zero-order chi connectivity index (χ0) is 28.6. The van der Waals surface area contributed by atoms with Gasteiger partial charge in [0.25, 0.3) is 11.8 Å². The fraction of sp³-hybridized carbons (Fsp3) is 0.258. The molecular weight excluding hydrogens is 522 g/mol. The Labute approximate surface area is 236 Å². The number of nitrogens with one attached hydrogen (secondary N) is 2. The van der Waals surface area contributed by atoms with E-state index in [9.17, 15) is 24.0 Å². The molecule has 2 N–H and O–H groups in total. The highest BCUT2D eigenvalue weighted by Crippen LogP contribution is 2.35. The number of imide groups is 3. The highest BCUT2D eigenvalue weighted by molar-refractivity contribution is 6.22. The van der Waals surface area contributed by atoms with Gasteiger partial charge in [-0.2, -0.15) is 0 Å². The van der Waals surface area contributed by atoms with Crippen LogP contribution in [0.25, 0.3) is 11.1 Å². The summed E-state index contributed by atoms with van der Waals surface area (Å²) in [5.74, 6) is -1.72. The Bertz CT molecular complexity index is 1480. The second-order valence-electron chi connectivity index (χ2n) is 10.4. The molecule has 6 amide bonds. The first kappa shape index (κ1) is 26.4. The Balaban J connectivity index is 1.23. The van der Waals surface area contributed by atoms with Gasteiger partial charge >= 0.3 is 6.03 Å². The maximum atomic E-state index is 13.5. The van der Waals surface area contributed by atoms with E-state index < -0.39 is 23.4 Å². The lowest BCUT2D eigenvalue weighted by atomic mass is 9.83. The number of hydrogen-bond acceptors (Lipinski definition) is 7. The monoisotopic (exact) mass is 551 g/mol. The summed E-state index contributed by atoms with van der Waals surface area (Å²) in [4.78, 5) is 68.7. The minimum absolute atomic E-state index is 0.188. The molecule has 3 aromatic carbocycles. The van der Waals surface area contributed by atoms with Crippen molar-refractivity contribution in [3.63, 3.8) is 0 Å². The van der Waals surface area contributed by atoms with Crippen LogP contribution in [0.3, 0.4) is 0 Å². The minimum atomic E-state index is -1.70. The van der Waals surface area contributed by atoms with Gasteiger partial charge in [-0.1, -0.05) is 54.6 Å². The molecule has 3 heterocycles. The second-order valence-corrected chi connectivity index (χ2v) is 10.4. The zero-order valence-electron chi connectivity index (χ0n) is 22.3. The van der Waals surface area contributed by atoms with Crippen LogP contribution >= 0.6 is 0 Å². The number of anilines is 2. The summed E-state index contributed by atoms with van der Waals surface area (Å²) in [6.45, 7) is 1.78. The van der Waals surface area contributed by atoms with Gasteiger partial charge in [0, 0.05) is 44.7 Å². The number of carbonyl (C=O) groups excluding carboxylic acids is 5. The van der Waals surface area contributed by atoms with Gasteiger partial charge in [-0.25, -0.2) is 4.79 Å². The predicted molar refractivity (Wildman–Crippen MR) is 152 cm³/mol.